The molecule has 2 aromatic rings. The van der Waals surface area contributed by atoms with Gasteiger partial charge in [0.1, 0.15) is 5.56 Å². The van der Waals surface area contributed by atoms with Crippen molar-refractivity contribution in [3.05, 3.63) is 34.5 Å². The van der Waals surface area contributed by atoms with Crippen LogP contribution in [0.4, 0.5) is 0 Å². The molecule has 2 N–H and O–H groups in total. The van der Waals surface area contributed by atoms with Crippen LogP contribution in [-0.4, -0.2) is 21.2 Å². The summed E-state index contributed by atoms with van der Waals surface area (Å²) in [4.78, 5) is 18.5. The lowest BCUT2D eigenvalue weighted by atomic mass is 10.3. The molecule has 0 amide bonds. The molecule has 0 aromatic carbocycles. The standard InChI is InChI=1S/C11H12N4O2/c16-9-3-4-12-5-8(9)11-14-10(15-17-11)6-13-7-1-2-7/h3-5,7,13H,1-2,6H2,(H,12,16). The minimum atomic E-state index is -0.130. The third-order valence-electron chi connectivity index (χ3n) is 2.65. The summed E-state index contributed by atoms with van der Waals surface area (Å²) in [6, 6.07) is 2.03. The van der Waals surface area contributed by atoms with Gasteiger partial charge in [-0.25, -0.2) is 0 Å². The molecule has 0 radical (unpaired) electrons. The fourth-order valence-corrected chi connectivity index (χ4v) is 1.54. The van der Waals surface area contributed by atoms with Crippen molar-refractivity contribution in [1.82, 2.24) is 20.4 Å². The van der Waals surface area contributed by atoms with E-state index in [1.807, 2.05) is 0 Å². The van der Waals surface area contributed by atoms with Crippen LogP contribution < -0.4 is 10.7 Å². The van der Waals surface area contributed by atoms with Crippen LogP contribution in [0.5, 0.6) is 0 Å². The average Bonchev–Trinajstić information content (AvgIpc) is 3.06. The van der Waals surface area contributed by atoms with Gasteiger partial charge < -0.3 is 14.8 Å². The Morgan fingerprint density at radius 3 is 3.18 bits per heavy atom. The molecule has 1 fully saturated rings. The number of nitrogens with one attached hydrogen (secondary N) is 2. The lowest BCUT2D eigenvalue weighted by Crippen LogP contribution is -2.16. The molecule has 17 heavy (non-hydrogen) atoms. The van der Waals surface area contributed by atoms with E-state index in [2.05, 4.69) is 20.4 Å². The predicted molar refractivity (Wildman–Crippen MR) is 60.2 cm³/mol. The van der Waals surface area contributed by atoms with Crippen LogP contribution in [0.1, 0.15) is 18.7 Å². The van der Waals surface area contributed by atoms with Crippen molar-refractivity contribution in [2.24, 2.45) is 0 Å². The highest BCUT2D eigenvalue weighted by atomic mass is 16.5. The van der Waals surface area contributed by atoms with Crippen molar-refractivity contribution in [1.29, 1.82) is 0 Å². The van der Waals surface area contributed by atoms with Crippen molar-refractivity contribution >= 4 is 0 Å². The second-order valence-electron chi connectivity index (χ2n) is 4.09. The molecule has 2 heterocycles. The van der Waals surface area contributed by atoms with Gasteiger partial charge in [-0.1, -0.05) is 5.16 Å². The van der Waals surface area contributed by atoms with E-state index in [-0.39, 0.29) is 11.3 Å². The topological polar surface area (TPSA) is 83.8 Å². The Morgan fingerprint density at radius 2 is 2.41 bits per heavy atom. The molecule has 6 nitrogen and oxygen atoms in total. The van der Waals surface area contributed by atoms with Crippen LogP contribution in [0.3, 0.4) is 0 Å². The van der Waals surface area contributed by atoms with E-state index in [0.717, 1.165) is 0 Å². The number of hydrogen-bond acceptors (Lipinski definition) is 5. The van der Waals surface area contributed by atoms with Gasteiger partial charge in [0.2, 0.25) is 0 Å². The molecule has 2 aromatic heterocycles. The van der Waals surface area contributed by atoms with Crippen LogP contribution >= 0.6 is 0 Å². The summed E-state index contributed by atoms with van der Waals surface area (Å²) in [5.41, 5.74) is 0.270. The summed E-state index contributed by atoms with van der Waals surface area (Å²) in [5.74, 6) is 0.842. The number of nitrogens with zero attached hydrogens (tertiary/aromatic N) is 2. The molecular formula is C11H12N4O2. The summed E-state index contributed by atoms with van der Waals surface area (Å²) in [6.07, 6.45) is 5.55. The minimum absolute atomic E-state index is 0.130. The van der Waals surface area contributed by atoms with E-state index in [1.54, 1.807) is 12.4 Å². The Kier molecular flexibility index (Phi) is 2.49. The molecule has 0 unspecified atom stereocenters. The van der Waals surface area contributed by atoms with Gasteiger partial charge in [-0.15, -0.1) is 0 Å². The van der Waals surface area contributed by atoms with Gasteiger partial charge in [-0.05, 0) is 12.8 Å². The van der Waals surface area contributed by atoms with E-state index in [1.165, 1.54) is 18.9 Å². The number of aromatic nitrogens is 3. The van der Waals surface area contributed by atoms with Crippen LogP contribution in [0, 0.1) is 0 Å². The zero-order valence-electron chi connectivity index (χ0n) is 9.14. The number of aromatic amines is 1. The monoisotopic (exact) mass is 232 g/mol. The van der Waals surface area contributed by atoms with Crippen LogP contribution in [0.25, 0.3) is 11.5 Å². The molecule has 0 bridgehead atoms. The normalized spacial score (nSPS) is 15.1. The Labute approximate surface area is 97.1 Å². The molecule has 88 valence electrons. The van der Waals surface area contributed by atoms with Gasteiger partial charge in [0.25, 0.3) is 5.89 Å². The maximum atomic E-state index is 11.5. The lowest BCUT2D eigenvalue weighted by molar-refractivity contribution is 0.419. The maximum absolute atomic E-state index is 11.5. The number of pyridine rings is 1. The van der Waals surface area contributed by atoms with Crippen LogP contribution in [0.2, 0.25) is 0 Å². The minimum Gasteiger partial charge on any atom is -0.367 e. The van der Waals surface area contributed by atoms with E-state index in [9.17, 15) is 4.79 Å². The second kappa shape index (κ2) is 4.14. The zero-order valence-corrected chi connectivity index (χ0v) is 9.14. The summed E-state index contributed by atoms with van der Waals surface area (Å²) in [6.45, 7) is 0.582. The molecule has 1 saturated carbocycles. The molecule has 0 aliphatic heterocycles. The number of H-pyrrole nitrogens is 1. The van der Waals surface area contributed by atoms with Gasteiger partial charge >= 0.3 is 0 Å². The number of hydrogen-bond donors (Lipinski definition) is 2. The molecule has 3 rings (SSSR count). The van der Waals surface area contributed by atoms with E-state index in [0.29, 0.717) is 24.0 Å². The van der Waals surface area contributed by atoms with Crippen molar-refractivity contribution in [3.63, 3.8) is 0 Å². The first-order valence-corrected chi connectivity index (χ1v) is 5.56. The molecular weight excluding hydrogens is 220 g/mol. The Morgan fingerprint density at radius 1 is 1.53 bits per heavy atom. The highest BCUT2D eigenvalue weighted by molar-refractivity contribution is 5.50. The quantitative estimate of drug-likeness (QED) is 0.809. The summed E-state index contributed by atoms with van der Waals surface area (Å²) in [5, 5.41) is 7.11. The molecule has 0 saturated heterocycles. The first-order chi connectivity index (χ1) is 8.33. The van der Waals surface area contributed by atoms with Gasteiger partial charge in [-0.3, -0.25) is 4.79 Å². The molecule has 1 aliphatic rings. The lowest BCUT2D eigenvalue weighted by Gasteiger charge is -1.94. The van der Waals surface area contributed by atoms with E-state index in [4.69, 9.17) is 4.52 Å². The Bertz CT molecular complexity index is 571. The maximum Gasteiger partial charge on any atom is 0.263 e. The Hall–Kier alpha value is -1.95. The summed E-state index contributed by atoms with van der Waals surface area (Å²) in [7, 11) is 0. The first-order valence-electron chi connectivity index (χ1n) is 5.56. The average molecular weight is 232 g/mol. The summed E-state index contributed by atoms with van der Waals surface area (Å²) < 4.78 is 5.06. The summed E-state index contributed by atoms with van der Waals surface area (Å²) >= 11 is 0. The van der Waals surface area contributed by atoms with Crippen LogP contribution in [0.15, 0.2) is 27.8 Å². The third-order valence-corrected chi connectivity index (χ3v) is 2.65. The highest BCUT2D eigenvalue weighted by Crippen LogP contribution is 2.19. The van der Waals surface area contributed by atoms with Gasteiger partial charge in [0.15, 0.2) is 11.3 Å². The van der Waals surface area contributed by atoms with Crippen molar-refractivity contribution in [3.8, 4) is 11.5 Å². The molecule has 1 aliphatic carbocycles. The molecule has 0 atom stereocenters. The van der Waals surface area contributed by atoms with Crippen molar-refractivity contribution < 1.29 is 4.52 Å². The van der Waals surface area contributed by atoms with E-state index < -0.39 is 0 Å². The third kappa shape index (κ3) is 2.26. The van der Waals surface area contributed by atoms with Crippen LogP contribution in [-0.2, 0) is 6.54 Å². The SMILES string of the molecule is O=c1cc[nH]cc1-c1nc(CNC2CC2)no1. The second-order valence-corrected chi connectivity index (χ2v) is 4.09. The van der Waals surface area contributed by atoms with Crippen molar-refractivity contribution in [2.45, 2.75) is 25.4 Å². The van der Waals surface area contributed by atoms with Gasteiger partial charge in [0.05, 0.1) is 6.54 Å². The molecule has 6 heteroatoms. The smallest absolute Gasteiger partial charge is 0.263 e. The van der Waals surface area contributed by atoms with Gasteiger partial charge in [-0.2, -0.15) is 4.98 Å². The first kappa shape index (κ1) is 10.2. The van der Waals surface area contributed by atoms with Gasteiger partial charge in [0, 0.05) is 24.5 Å². The largest absolute Gasteiger partial charge is 0.367 e. The van der Waals surface area contributed by atoms with Crippen molar-refractivity contribution in [2.75, 3.05) is 0 Å². The fraction of sp³-hybridized carbons (Fsp3) is 0.364. The zero-order chi connectivity index (χ0) is 11.7. The Balaban J connectivity index is 1.79. The molecule has 0 spiro atoms. The highest BCUT2D eigenvalue weighted by Gasteiger charge is 2.21. The predicted octanol–water partition coefficient (Wildman–Crippen LogP) is 0.677. The number of rotatable bonds is 4. The fourth-order valence-electron chi connectivity index (χ4n) is 1.54. The van der Waals surface area contributed by atoms with E-state index >= 15 is 0 Å².